The molecule has 0 radical (unpaired) electrons. The minimum atomic E-state index is -0.267. The van der Waals surface area contributed by atoms with E-state index in [4.69, 9.17) is 22.1 Å². The van der Waals surface area contributed by atoms with Crippen LogP contribution in [0.15, 0.2) is 36.4 Å². The number of thiophene rings is 1. The quantitative estimate of drug-likeness (QED) is 0.850. The summed E-state index contributed by atoms with van der Waals surface area (Å²) in [5, 5.41) is 0. The highest BCUT2D eigenvalue weighted by atomic mass is 35.5. The molecular formula is C15H17ClFNOS. The summed E-state index contributed by atoms with van der Waals surface area (Å²) in [5.41, 5.74) is 6.64. The number of halogens is 2. The summed E-state index contributed by atoms with van der Waals surface area (Å²) in [5.74, 6) is -0.263. The molecule has 108 valence electrons. The predicted octanol–water partition coefficient (Wildman–Crippen LogP) is 4.54. The van der Waals surface area contributed by atoms with Crippen molar-refractivity contribution in [3.63, 3.8) is 0 Å². The van der Waals surface area contributed by atoms with Gasteiger partial charge in [-0.2, -0.15) is 0 Å². The molecule has 0 saturated heterocycles. The lowest BCUT2D eigenvalue weighted by Gasteiger charge is -2.22. The molecule has 0 bridgehead atoms. The zero-order valence-electron chi connectivity index (χ0n) is 11.2. The third-order valence-corrected chi connectivity index (χ3v) is 4.40. The average Bonchev–Trinajstić information content (AvgIpc) is 2.87. The first-order chi connectivity index (χ1) is 9.61. The van der Waals surface area contributed by atoms with Gasteiger partial charge in [0.15, 0.2) is 0 Å². The SMILES string of the molecule is CCC(N)C(OCc1ccccc1F)c1ccc(Cl)s1. The van der Waals surface area contributed by atoms with Crippen LogP contribution in [0, 0.1) is 5.82 Å². The van der Waals surface area contributed by atoms with Crippen molar-refractivity contribution in [1.82, 2.24) is 0 Å². The Morgan fingerprint density at radius 1 is 1.30 bits per heavy atom. The Balaban J connectivity index is 2.11. The van der Waals surface area contributed by atoms with Gasteiger partial charge in [0.1, 0.15) is 11.9 Å². The van der Waals surface area contributed by atoms with Crippen molar-refractivity contribution < 1.29 is 9.13 Å². The summed E-state index contributed by atoms with van der Waals surface area (Å²) in [6.45, 7) is 2.19. The van der Waals surface area contributed by atoms with Crippen LogP contribution < -0.4 is 5.73 Å². The van der Waals surface area contributed by atoms with Crippen molar-refractivity contribution in [2.75, 3.05) is 0 Å². The van der Waals surface area contributed by atoms with Crippen LogP contribution in [-0.2, 0) is 11.3 Å². The molecule has 20 heavy (non-hydrogen) atoms. The number of benzene rings is 1. The molecule has 0 spiro atoms. The first-order valence-corrected chi connectivity index (χ1v) is 7.67. The number of hydrogen-bond acceptors (Lipinski definition) is 3. The van der Waals surface area contributed by atoms with Crippen LogP contribution in [-0.4, -0.2) is 6.04 Å². The maximum Gasteiger partial charge on any atom is 0.128 e. The first-order valence-electron chi connectivity index (χ1n) is 6.47. The number of nitrogens with two attached hydrogens (primary N) is 1. The van der Waals surface area contributed by atoms with Crippen molar-refractivity contribution >= 4 is 22.9 Å². The summed E-state index contributed by atoms with van der Waals surface area (Å²) in [4.78, 5) is 0.973. The molecule has 2 aromatic rings. The van der Waals surface area contributed by atoms with Gasteiger partial charge >= 0.3 is 0 Å². The Hall–Kier alpha value is -0.940. The van der Waals surface area contributed by atoms with Crippen LogP contribution >= 0.6 is 22.9 Å². The molecule has 0 aliphatic rings. The maximum atomic E-state index is 13.6. The molecule has 0 saturated carbocycles. The van der Waals surface area contributed by atoms with E-state index >= 15 is 0 Å². The second-order valence-corrected chi connectivity index (χ2v) is 6.28. The Morgan fingerprint density at radius 3 is 2.65 bits per heavy atom. The van der Waals surface area contributed by atoms with E-state index in [9.17, 15) is 4.39 Å². The fourth-order valence-corrected chi connectivity index (χ4v) is 3.09. The van der Waals surface area contributed by atoms with E-state index in [1.807, 2.05) is 19.1 Å². The van der Waals surface area contributed by atoms with Crippen LogP contribution in [0.5, 0.6) is 0 Å². The van der Waals surface area contributed by atoms with Crippen molar-refractivity contribution in [2.24, 2.45) is 5.73 Å². The standard InChI is InChI=1S/C15H17ClFNOS/c1-2-12(18)15(13-7-8-14(16)20-13)19-9-10-5-3-4-6-11(10)17/h3-8,12,15H,2,9,18H2,1H3. The van der Waals surface area contributed by atoms with E-state index in [0.717, 1.165) is 11.3 Å². The van der Waals surface area contributed by atoms with Gasteiger partial charge in [-0.15, -0.1) is 11.3 Å². The van der Waals surface area contributed by atoms with Crippen LogP contribution in [0.4, 0.5) is 4.39 Å². The zero-order valence-corrected chi connectivity index (χ0v) is 12.8. The first kappa shape index (κ1) is 15.4. The number of ether oxygens (including phenoxy) is 1. The molecule has 0 fully saturated rings. The largest absolute Gasteiger partial charge is 0.366 e. The van der Waals surface area contributed by atoms with Gasteiger partial charge in [0.25, 0.3) is 0 Å². The second-order valence-electron chi connectivity index (χ2n) is 4.54. The molecule has 1 aromatic heterocycles. The lowest BCUT2D eigenvalue weighted by molar-refractivity contribution is 0.0222. The predicted molar refractivity (Wildman–Crippen MR) is 81.5 cm³/mol. The van der Waals surface area contributed by atoms with Crippen LogP contribution in [0.2, 0.25) is 4.34 Å². The maximum absolute atomic E-state index is 13.6. The minimum Gasteiger partial charge on any atom is -0.366 e. The smallest absolute Gasteiger partial charge is 0.128 e. The zero-order chi connectivity index (χ0) is 14.5. The van der Waals surface area contributed by atoms with Crippen molar-refractivity contribution in [2.45, 2.75) is 32.1 Å². The van der Waals surface area contributed by atoms with Crippen LogP contribution in [0.3, 0.4) is 0 Å². The van der Waals surface area contributed by atoms with Crippen molar-refractivity contribution in [3.05, 3.63) is 57.0 Å². The van der Waals surface area contributed by atoms with Gasteiger partial charge in [0, 0.05) is 16.5 Å². The van der Waals surface area contributed by atoms with Gasteiger partial charge in [-0.1, -0.05) is 36.7 Å². The fourth-order valence-electron chi connectivity index (χ4n) is 1.91. The Bertz CT molecular complexity index is 560. The molecule has 2 rings (SSSR count). The van der Waals surface area contributed by atoms with Crippen molar-refractivity contribution in [3.8, 4) is 0 Å². The van der Waals surface area contributed by atoms with E-state index < -0.39 is 0 Å². The Kier molecular flexibility index (Phi) is 5.54. The van der Waals surface area contributed by atoms with Gasteiger partial charge in [-0.25, -0.2) is 4.39 Å². The molecule has 0 aliphatic carbocycles. The topological polar surface area (TPSA) is 35.2 Å². The molecule has 1 heterocycles. The number of rotatable bonds is 6. The summed E-state index contributed by atoms with van der Waals surface area (Å²) in [7, 11) is 0. The third-order valence-electron chi connectivity index (χ3n) is 3.11. The molecular weight excluding hydrogens is 297 g/mol. The lowest BCUT2D eigenvalue weighted by atomic mass is 10.1. The summed E-state index contributed by atoms with van der Waals surface area (Å²) in [6.07, 6.45) is 0.509. The second kappa shape index (κ2) is 7.18. The highest BCUT2D eigenvalue weighted by Crippen LogP contribution is 2.32. The van der Waals surface area contributed by atoms with Gasteiger partial charge in [0.2, 0.25) is 0 Å². The summed E-state index contributed by atoms with van der Waals surface area (Å²) < 4.78 is 20.1. The molecule has 5 heteroatoms. The lowest BCUT2D eigenvalue weighted by Crippen LogP contribution is -2.29. The molecule has 2 unspecified atom stereocenters. The molecule has 2 nitrogen and oxygen atoms in total. The fraction of sp³-hybridized carbons (Fsp3) is 0.333. The monoisotopic (exact) mass is 313 g/mol. The molecule has 2 N–H and O–H groups in total. The summed E-state index contributed by atoms with van der Waals surface area (Å²) in [6, 6.07) is 10.2. The normalized spacial score (nSPS) is 14.2. The highest BCUT2D eigenvalue weighted by Gasteiger charge is 2.21. The van der Waals surface area contributed by atoms with E-state index in [1.165, 1.54) is 17.4 Å². The molecule has 2 atom stereocenters. The Morgan fingerprint density at radius 2 is 2.05 bits per heavy atom. The van der Waals surface area contributed by atoms with Gasteiger partial charge in [-0.3, -0.25) is 0 Å². The van der Waals surface area contributed by atoms with Gasteiger partial charge in [0.05, 0.1) is 10.9 Å². The highest BCUT2D eigenvalue weighted by molar-refractivity contribution is 7.16. The molecule has 0 aliphatic heterocycles. The van der Waals surface area contributed by atoms with Crippen molar-refractivity contribution in [1.29, 1.82) is 0 Å². The van der Waals surface area contributed by atoms with Crippen LogP contribution in [0.25, 0.3) is 0 Å². The summed E-state index contributed by atoms with van der Waals surface area (Å²) >= 11 is 7.40. The Labute approximate surface area is 127 Å². The van der Waals surface area contributed by atoms with E-state index in [0.29, 0.717) is 9.90 Å². The minimum absolute atomic E-state index is 0.142. The van der Waals surface area contributed by atoms with Crippen LogP contribution in [0.1, 0.15) is 29.9 Å². The number of hydrogen-bond donors (Lipinski definition) is 1. The van der Waals surface area contributed by atoms with E-state index in [1.54, 1.807) is 18.2 Å². The van der Waals surface area contributed by atoms with Gasteiger partial charge < -0.3 is 10.5 Å². The van der Waals surface area contributed by atoms with E-state index in [-0.39, 0.29) is 24.6 Å². The van der Waals surface area contributed by atoms with E-state index in [2.05, 4.69) is 0 Å². The van der Waals surface area contributed by atoms with Gasteiger partial charge in [-0.05, 0) is 24.6 Å². The third kappa shape index (κ3) is 3.79. The molecule has 0 amide bonds. The average molecular weight is 314 g/mol. The molecule has 1 aromatic carbocycles.